The van der Waals surface area contributed by atoms with Gasteiger partial charge >= 0.3 is 0 Å². The van der Waals surface area contributed by atoms with Gasteiger partial charge < -0.3 is 10.6 Å². The topological polar surface area (TPSA) is 46.3 Å². The molecule has 0 aromatic carbocycles. The van der Waals surface area contributed by atoms with Gasteiger partial charge in [-0.25, -0.2) is 0 Å². The molecule has 1 heterocycles. The molecule has 2 N–H and O–H groups in total. The molecule has 131 valence electrons. The maximum absolute atomic E-state index is 12.6. The Morgan fingerprint density at radius 1 is 1.22 bits per heavy atom. The van der Waals surface area contributed by atoms with Crippen molar-refractivity contribution in [2.24, 2.45) is 11.7 Å². The fraction of sp³-hybridized carbons (Fsp3) is 0.947. The second-order valence-electron chi connectivity index (χ2n) is 9.25. The van der Waals surface area contributed by atoms with E-state index in [1.54, 1.807) is 0 Å². The highest BCUT2D eigenvalue weighted by atomic mass is 16.2. The normalized spacial score (nSPS) is 33.7. The molecule has 2 fully saturated rings. The van der Waals surface area contributed by atoms with Crippen LogP contribution in [-0.4, -0.2) is 35.1 Å². The number of amides is 1. The van der Waals surface area contributed by atoms with Gasteiger partial charge in [-0.2, -0.15) is 0 Å². The molecule has 0 aromatic heterocycles. The van der Waals surface area contributed by atoms with E-state index in [1.165, 1.54) is 19.3 Å². The van der Waals surface area contributed by atoms with Crippen molar-refractivity contribution in [3.8, 4) is 0 Å². The lowest BCUT2D eigenvalue weighted by Gasteiger charge is -2.50. The van der Waals surface area contributed by atoms with Gasteiger partial charge in [0, 0.05) is 18.0 Å². The van der Waals surface area contributed by atoms with Crippen molar-refractivity contribution in [2.45, 2.75) is 109 Å². The second-order valence-corrected chi connectivity index (χ2v) is 9.25. The number of likely N-dealkylation sites (tertiary alicyclic amines) is 1. The van der Waals surface area contributed by atoms with Crippen LogP contribution in [0.5, 0.6) is 0 Å². The van der Waals surface area contributed by atoms with Gasteiger partial charge in [0.1, 0.15) is 7.28 Å². The monoisotopic (exact) mass is 319 g/mol. The van der Waals surface area contributed by atoms with E-state index in [4.69, 9.17) is 5.73 Å². The predicted octanol–water partition coefficient (Wildman–Crippen LogP) is 3.93. The first-order valence-electron chi connectivity index (χ1n) is 9.59. The summed E-state index contributed by atoms with van der Waals surface area (Å²) in [6.45, 7) is 11.0. The van der Waals surface area contributed by atoms with E-state index >= 15 is 0 Å². The Balaban J connectivity index is 2.26. The molecule has 0 spiro atoms. The lowest BCUT2D eigenvalue weighted by Crippen LogP contribution is -2.59. The van der Waals surface area contributed by atoms with Crippen LogP contribution in [0.3, 0.4) is 0 Å². The van der Waals surface area contributed by atoms with Crippen molar-refractivity contribution in [3.63, 3.8) is 0 Å². The minimum Gasteiger partial charge on any atom is -0.335 e. The zero-order valence-electron chi connectivity index (χ0n) is 15.9. The van der Waals surface area contributed by atoms with Crippen LogP contribution in [0.2, 0.25) is 5.82 Å². The van der Waals surface area contributed by atoms with E-state index in [9.17, 15) is 4.79 Å². The SMILES string of the molecule is CC(C)[B]C1(N)CCCCCC2C(CCC(=O)N2C(C)(C)C)C1. The Morgan fingerprint density at radius 3 is 2.52 bits per heavy atom. The zero-order valence-corrected chi connectivity index (χ0v) is 15.9. The molecular weight excluding hydrogens is 283 g/mol. The lowest BCUT2D eigenvalue weighted by atomic mass is 9.47. The summed E-state index contributed by atoms with van der Waals surface area (Å²) in [7, 11) is 2.37. The predicted molar refractivity (Wildman–Crippen MR) is 98.6 cm³/mol. The molecule has 3 atom stereocenters. The maximum Gasteiger partial charge on any atom is 0.223 e. The Hall–Kier alpha value is -0.505. The first-order chi connectivity index (χ1) is 10.6. The van der Waals surface area contributed by atoms with Crippen LogP contribution >= 0.6 is 0 Å². The first kappa shape index (κ1) is 18.8. The average Bonchev–Trinajstić information content (AvgIpc) is 2.45. The van der Waals surface area contributed by atoms with E-state index < -0.39 is 0 Å². The number of carbonyl (C=O) groups is 1. The number of rotatable bonds is 2. The van der Waals surface area contributed by atoms with Crippen LogP contribution in [0, 0.1) is 5.92 Å². The third-order valence-electron chi connectivity index (χ3n) is 5.55. The molecule has 1 aliphatic heterocycles. The van der Waals surface area contributed by atoms with Gasteiger partial charge in [0.2, 0.25) is 5.91 Å². The number of nitrogens with two attached hydrogens (primary N) is 1. The molecule has 1 amide bonds. The fourth-order valence-corrected chi connectivity index (χ4v) is 4.88. The smallest absolute Gasteiger partial charge is 0.223 e. The van der Waals surface area contributed by atoms with Gasteiger partial charge in [-0.05, 0) is 57.8 Å². The lowest BCUT2D eigenvalue weighted by molar-refractivity contribution is -0.146. The van der Waals surface area contributed by atoms with Crippen molar-refractivity contribution in [1.82, 2.24) is 4.90 Å². The van der Waals surface area contributed by atoms with Gasteiger partial charge in [-0.15, -0.1) is 0 Å². The third-order valence-corrected chi connectivity index (χ3v) is 5.55. The van der Waals surface area contributed by atoms with E-state index in [-0.39, 0.29) is 11.0 Å². The van der Waals surface area contributed by atoms with E-state index in [1.807, 2.05) is 0 Å². The number of fused-ring (bicyclic) bond motifs is 1. The highest BCUT2D eigenvalue weighted by Gasteiger charge is 2.43. The second kappa shape index (κ2) is 7.17. The van der Waals surface area contributed by atoms with Crippen molar-refractivity contribution < 1.29 is 4.79 Å². The summed E-state index contributed by atoms with van der Waals surface area (Å²) in [5.41, 5.74) is 6.58. The number of piperidine rings is 1. The van der Waals surface area contributed by atoms with Crippen LogP contribution in [0.1, 0.15) is 86.0 Å². The van der Waals surface area contributed by atoms with Gasteiger partial charge in [-0.3, -0.25) is 4.79 Å². The van der Waals surface area contributed by atoms with E-state index in [0.29, 0.717) is 30.1 Å². The zero-order chi connectivity index (χ0) is 17.3. The van der Waals surface area contributed by atoms with Crippen molar-refractivity contribution in [2.75, 3.05) is 0 Å². The van der Waals surface area contributed by atoms with Gasteiger partial charge in [0.15, 0.2) is 0 Å². The number of nitrogens with zero attached hydrogens (tertiary/aromatic N) is 1. The molecule has 2 rings (SSSR count). The number of hydrogen-bond acceptors (Lipinski definition) is 2. The van der Waals surface area contributed by atoms with E-state index in [2.05, 4.69) is 46.8 Å². The number of carbonyl (C=O) groups excluding carboxylic acids is 1. The molecule has 1 radical (unpaired) electrons. The molecule has 3 unspecified atom stereocenters. The van der Waals surface area contributed by atoms with Crippen LogP contribution < -0.4 is 5.73 Å². The Bertz CT molecular complexity index is 418. The Morgan fingerprint density at radius 2 is 1.91 bits per heavy atom. The van der Waals surface area contributed by atoms with Crippen LogP contribution in [0.25, 0.3) is 0 Å². The highest BCUT2D eigenvalue weighted by Crippen LogP contribution is 2.39. The summed E-state index contributed by atoms with van der Waals surface area (Å²) in [4.78, 5) is 14.8. The maximum atomic E-state index is 12.6. The minimum absolute atomic E-state index is 0.0898. The van der Waals surface area contributed by atoms with Crippen molar-refractivity contribution in [3.05, 3.63) is 0 Å². The quantitative estimate of drug-likeness (QED) is 0.784. The summed E-state index contributed by atoms with van der Waals surface area (Å²) in [5, 5.41) is 0. The highest BCUT2D eigenvalue weighted by molar-refractivity contribution is 6.41. The van der Waals surface area contributed by atoms with Crippen LogP contribution in [0.4, 0.5) is 0 Å². The number of hydrogen-bond donors (Lipinski definition) is 1. The first-order valence-corrected chi connectivity index (χ1v) is 9.59. The molecule has 3 nitrogen and oxygen atoms in total. The molecule has 1 aliphatic carbocycles. The largest absolute Gasteiger partial charge is 0.335 e. The molecule has 0 bridgehead atoms. The third kappa shape index (κ3) is 4.74. The molecule has 2 aliphatic rings. The summed E-state index contributed by atoms with van der Waals surface area (Å²) in [6, 6.07) is 0.373. The van der Waals surface area contributed by atoms with Crippen LogP contribution in [-0.2, 0) is 4.79 Å². The molecule has 1 saturated heterocycles. The molecule has 1 saturated carbocycles. The van der Waals surface area contributed by atoms with Crippen molar-refractivity contribution >= 4 is 13.2 Å². The minimum atomic E-state index is -0.161. The van der Waals surface area contributed by atoms with Gasteiger partial charge in [0.05, 0.1) is 0 Å². The fourth-order valence-electron chi connectivity index (χ4n) is 4.88. The molecule has 4 heteroatoms. The summed E-state index contributed by atoms with van der Waals surface area (Å²) in [5.74, 6) is 1.40. The standard InChI is InChI=1S/C19H36BN2O/c1-14(2)20-19(21)12-8-6-7-9-16-15(13-19)10-11-17(23)22(16)18(3,4)5/h14-16H,6-13,21H2,1-5H3. The summed E-state index contributed by atoms with van der Waals surface area (Å²) < 4.78 is 0. The van der Waals surface area contributed by atoms with Gasteiger partial charge in [-0.1, -0.05) is 38.9 Å². The summed E-state index contributed by atoms with van der Waals surface area (Å²) in [6.07, 6.45) is 8.65. The molecule has 23 heavy (non-hydrogen) atoms. The van der Waals surface area contributed by atoms with E-state index in [0.717, 1.165) is 25.7 Å². The Kier molecular flexibility index (Phi) is 5.87. The van der Waals surface area contributed by atoms with Crippen molar-refractivity contribution in [1.29, 1.82) is 0 Å². The van der Waals surface area contributed by atoms with Crippen LogP contribution in [0.15, 0.2) is 0 Å². The molecule has 0 aromatic rings. The Labute approximate surface area is 144 Å². The average molecular weight is 319 g/mol. The summed E-state index contributed by atoms with van der Waals surface area (Å²) >= 11 is 0. The van der Waals surface area contributed by atoms with Gasteiger partial charge in [0.25, 0.3) is 0 Å². The molecular formula is C19H36BN2O.